The molecule has 0 aromatic heterocycles. The Labute approximate surface area is 95.3 Å². The van der Waals surface area contributed by atoms with Crippen molar-refractivity contribution < 1.29 is 5.11 Å². The fourth-order valence-electron chi connectivity index (χ4n) is 2.06. The van der Waals surface area contributed by atoms with Crippen molar-refractivity contribution >= 4 is 11.6 Å². The molecule has 0 spiro atoms. The summed E-state index contributed by atoms with van der Waals surface area (Å²) < 4.78 is 0. The third kappa shape index (κ3) is 2.86. The molecule has 1 aliphatic carbocycles. The number of phenols is 1. The van der Waals surface area contributed by atoms with Crippen molar-refractivity contribution in [3.8, 4) is 5.75 Å². The smallest absolute Gasteiger partial charge is 0.115 e. The number of benzene rings is 1. The summed E-state index contributed by atoms with van der Waals surface area (Å²) in [5, 5.41) is 13.0. The van der Waals surface area contributed by atoms with Crippen LogP contribution >= 0.6 is 11.6 Å². The van der Waals surface area contributed by atoms with Crippen LogP contribution in [0.15, 0.2) is 24.3 Å². The molecule has 2 N–H and O–H groups in total. The summed E-state index contributed by atoms with van der Waals surface area (Å²) in [5.74, 6) is 0.322. The van der Waals surface area contributed by atoms with Gasteiger partial charge >= 0.3 is 0 Å². The molecule has 1 aliphatic rings. The van der Waals surface area contributed by atoms with E-state index in [4.69, 9.17) is 11.6 Å². The number of hydrogen-bond acceptors (Lipinski definition) is 2. The van der Waals surface area contributed by atoms with Gasteiger partial charge in [-0.05, 0) is 30.5 Å². The lowest BCUT2D eigenvalue weighted by atomic mass is 10.2. The van der Waals surface area contributed by atoms with Crippen LogP contribution in [0.2, 0.25) is 0 Å². The highest BCUT2D eigenvalue weighted by atomic mass is 35.5. The summed E-state index contributed by atoms with van der Waals surface area (Å²) in [6.07, 6.45) is 3.48. The zero-order valence-corrected chi connectivity index (χ0v) is 9.37. The summed E-state index contributed by atoms with van der Waals surface area (Å²) in [6.45, 7) is 0.780. The highest BCUT2D eigenvalue weighted by Crippen LogP contribution is 2.24. The van der Waals surface area contributed by atoms with E-state index in [2.05, 4.69) is 5.32 Å². The molecule has 0 heterocycles. The molecule has 2 unspecified atom stereocenters. The number of hydrogen-bond donors (Lipinski definition) is 2. The summed E-state index contributed by atoms with van der Waals surface area (Å²) in [7, 11) is 0. The standard InChI is InChI=1S/C12H16ClNO/c13-11-5-2-6-12(11)14-8-9-3-1-4-10(15)7-9/h1,3-4,7,11-12,14-15H,2,5-6,8H2. The van der Waals surface area contributed by atoms with E-state index < -0.39 is 0 Å². The van der Waals surface area contributed by atoms with E-state index in [1.807, 2.05) is 12.1 Å². The number of phenolic OH excluding ortho intramolecular Hbond substituents is 1. The first-order valence-corrected chi connectivity index (χ1v) is 5.85. The molecule has 0 saturated heterocycles. The zero-order valence-electron chi connectivity index (χ0n) is 8.62. The zero-order chi connectivity index (χ0) is 10.7. The Morgan fingerprint density at radius 1 is 1.40 bits per heavy atom. The topological polar surface area (TPSA) is 32.3 Å². The van der Waals surface area contributed by atoms with Crippen molar-refractivity contribution in [1.82, 2.24) is 5.32 Å². The van der Waals surface area contributed by atoms with Gasteiger partial charge < -0.3 is 10.4 Å². The maximum absolute atomic E-state index is 9.30. The Morgan fingerprint density at radius 3 is 2.93 bits per heavy atom. The van der Waals surface area contributed by atoms with Gasteiger partial charge in [0.15, 0.2) is 0 Å². The van der Waals surface area contributed by atoms with Gasteiger partial charge in [0.2, 0.25) is 0 Å². The van der Waals surface area contributed by atoms with Crippen LogP contribution < -0.4 is 5.32 Å². The number of rotatable bonds is 3. The van der Waals surface area contributed by atoms with Crippen molar-refractivity contribution in [2.45, 2.75) is 37.2 Å². The van der Waals surface area contributed by atoms with Crippen molar-refractivity contribution in [3.05, 3.63) is 29.8 Å². The Hall–Kier alpha value is -0.730. The predicted octanol–water partition coefficient (Wildman–Crippen LogP) is 2.64. The van der Waals surface area contributed by atoms with Crippen LogP contribution in [0.1, 0.15) is 24.8 Å². The molecule has 0 aliphatic heterocycles. The molecular formula is C12H16ClNO. The van der Waals surface area contributed by atoms with Crippen molar-refractivity contribution in [2.24, 2.45) is 0 Å². The Balaban J connectivity index is 1.87. The van der Waals surface area contributed by atoms with Crippen LogP contribution in [-0.2, 0) is 6.54 Å². The van der Waals surface area contributed by atoms with Crippen LogP contribution in [0, 0.1) is 0 Å². The fourth-order valence-corrected chi connectivity index (χ4v) is 2.43. The van der Waals surface area contributed by atoms with E-state index in [0.29, 0.717) is 11.8 Å². The van der Waals surface area contributed by atoms with Gasteiger partial charge in [-0.1, -0.05) is 18.6 Å². The first-order chi connectivity index (χ1) is 7.25. The monoisotopic (exact) mass is 225 g/mol. The predicted molar refractivity (Wildman–Crippen MR) is 62.2 cm³/mol. The van der Waals surface area contributed by atoms with Gasteiger partial charge in [-0.3, -0.25) is 0 Å². The van der Waals surface area contributed by atoms with Gasteiger partial charge in [-0.2, -0.15) is 0 Å². The van der Waals surface area contributed by atoms with E-state index in [1.54, 1.807) is 12.1 Å². The summed E-state index contributed by atoms with van der Waals surface area (Å²) in [6, 6.07) is 7.76. The molecule has 0 radical (unpaired) electrons. The first-order valence-electron chi connectivity index (χ1n) is 5.41. The maximum atomic E-state index is 9.30. The minimum Gasteiger partial charge on any atom is -0.508 e. The first kappa shape index (κ1) is 10.8. The molecule has 2 rings (SSSR count). The molecule has 2 nitrogen and oxygen atoms in total. The quantitative estimate of drug-likeness (QED) is 0.776. The minimum atomic E-state index is 0.266. The van der Waals surface area contributed by atoms with E-state index in [0.717, 1.165) is 24.9 Å². The summed E-state index contributed by atoms with van der Waals surface area (Å²) in [5.41, 5.74) is 1.10. The van der Waals surface area contributed by atoms with Gasteiger partial charge in [0, 0.05) is 18.0 Å². The average Bonchev–Trinajstić information content (AvgIpc) is 2.61. The second kappa shape index (κ2) is 4.86. The number of alkyl halides is 1. The molecule has 1 fully saturated rings. The molecule has 2 atom stereocenters. The third-order valence-electron chi connectivity index (χ3n) is 2.91. The largest absolute Gasteiger partial charge is 0.508 e. The Bertz CT molecular complexity index is 329. The molecule has 0 bridgehead atoms. The van der Waals surface area contributed by atoms with E-state index in [1.165, 1.54) is 6.42 Å². The van der Waals surface area contributed by atoms with Gasteiger partial charge in [-0.25, -0.2) is 0 Å². The molecule has 1 aromatic rings. The van der Waals surface area contributed by atoms with Crippen molar-refractivity contribution in [3.63, 3.8) is 0 Å². The average molecular weight is 226 g/mol. The SMILES string of the molecule is Oc1cccc(CNC2CCCC2Cl)c1. The second-order valence-electron chi connectivity index (χ2n) is 4.10. The second-order valence-corrected chi connectivity index (χ2v) is 4.66. The van der Waals surface area contributed by atoms with Crippen LogP contribution in [0.3, 0.4) is 0 Å². The molecule has 0 amide bonds. The fraction of sp³-hybridized carbons (Fsp3) is 0.500. The molecule has 3 heteroatoms. The molecule has 15 heavy (non-hydrogen) atoms. The molecule has 1 saturated carbocycles. The molecular weight excluding hydrogens is 210 g/mol. The highest BCUT2D eigenvalue weighted by molar-refractivity contribution is 6.21. The maximum Gasteiger partial charge on any atom is 0.115 e. The van der Waals surface area contributed by atoms with E-state index >= 15 is 0 Å². The van der Waals surface area contributed by atoms with Crippen LogP contribution in [-0.4, -0.2) is 16.5 Å². The van der Waals surface area contributed by atoms with Crippen LogP contribution in [0.25, 0.3) is 0 Å². The minimum absolute atomic E-state index is 0.266. The lowest BCUT2D eigenvalue weighted by Gasteiger charge is -2.15. The van der Waals surface area contributed by atoms with Crippen LogP contribution in [0.4, 0.5) is 0 Å². The lowest BCUT2D eigenvalue weighted by Crippen LogP contribution is -2.32. The summed E-state index contributed by atoms with van der Waals surface area (Å²) in [4.78, 5) is 0. The Kier molecular flexibility index (Phi) is 3.49. The normalized spacial score (nSPS) is 25.7. The van der Waals surface area contributed by atoms with Gasteiger partial charge in [-0.15, -0.1) is 11.6 Å². The van der Waals surface area contributed by atoms with Gasteiger partial charge in [0.25, 0.3) is 0 Å². The van der Waals surface area contributed by atoms with Crippen molar-refractivity contribution in [2.75, 3.05) is 0 Å². The third-order valence-corrected chi connectivity index (χ3v) is 3.43. The Morgan fingerprint density at radius 2 is 2.27 bits per heavy atom. The lowest BCUT2D eigenvalue weighted by molar-refractivity contribution is 0.472. The number of aromatic hydroxyl groups is 1. The number of nitrogens with one attached hydrogen (secondary N) is 1. The summed E-state index contributed by atoms with van der Waals surface area (Å²) >= 11 is 6.16. The van der Waals surface area contributed by atoms with Gasteiger partial charge in [0.1, 0.15) is 5.75 Å². The van der Waals surface area contributed by atoms with Crippen LogP contribution in [0.5, 0.6) is 5.75 Å². The number of halogens is 1. The highest BCUT2D eigenvalue weighted by Gasteiger charge is 2.24. The molecule has 82 valence electrons. The molecule has 1 aromatic carbocycles. The van der Waals surface area contributed by atoms with Crippen molar-refractivity contribution in [1.29, 1.82) is 0 Å². The van der Waals surface area contributed by atoms with Gasteiger partial charge in [0.05, 0.1) is 0 Å². The van der Waals surface area contributed by atoms with E-state index in [9.17, 15) is 5.11 Å². The van der Waals surface area contributed by atoms with E-state index in [-0.39, 0.29) is 5.38 Å².